The molecule has 0 saturated carbocycles. The van der Waals surface area contributed by atoms with Crippen molar-refractivity contribution in [3.63, 3.8) is 0 Å². The topological polar surface area (TPSA) is 96.9 Å². The highest BCUT2D eigenvalue weighted by molar-refractivity contribution is 8.01. The lowest BCUT2D eigenvalue weighted by atomic mass is 9.87. The molecule has 2 aromatic heterocycles. The van der Waals surface area contributed by atoms with Gasteiger partial charge in [0, 0.05) is 10.9 Å². The van der Waals surface area contributed by atoms with Crippen LogP contribution in [0.4, 0.5) is 10.3 Å². The van der Waals surface area contributed by atoms with Gasteiger partial charge in [-0.15, -0.1) is 21.5 Å². The maximum atomic E-state index is 12.4. The van der Waals surface area contributed by atoms with Crippen LogP contribution in [0.2, 0.25) is 0 Å². The zero-order valence-corrected chi connectivity index (χ0v) is 18.9. The Morgan fingerprint density at radius 2 is 1.79 bits per heavy atom. The minimum absolute atomic E-state index is 0.0328. The van der Waals surface area contributed by atoms with Gasteiger partial charge in [0.2, 0.25) is 11.0 Å². The SMILES string of the molecule is Cc1csc(NC(=O)CSc2nnc(NC(=O)c3ccc(C(C)(C)C)cc3)s2)n1. The summed E-state index contributed by atoms with van der Waals surface area (Å²) in [6.45, 7) is 8.25. The first-order valence-corrected chi connectivity index (χ1v) is 11.5. The van der Waals surface area contributed by atoms with Gasteiger partial charge in [-0.3, -0.25) is 14.9 Å². The third-order valence-electron chi connectivity index (χ3n) is 3.83. The van der Waals surface area contributed by atoms with E-state index < -0.39 is 0 Å². The second-order valence-corrected chi connectivity index (χ2v) is 10.3. The largest absolute Gasteiger partial charge is 0.301 e. The number of carbonyl (C=O) groups excluding carboxylic acids is 2. The number of thioether (sulfide) groups is 1. The molecule has 0 aliphatic heterocycles. The van der Waals surface area contributed by atoms with Crippen molar-refractivity contribution in [1.29, 1.82) is 0 Å². The molecule has 0 fully saturated rings. The standard InChI is InChI=1S/C19H21N5O2S3/c1-11-9-27-16(20-11)21-14(25)10-28-18-24-23-17(29-18)22-15(26)12-5-7-13(8-6-12)19(2,3)4/h5-9H,10H2,1-4H3,(H,20,21,25)(H,22,23,26). The van der Waals surface area contributed by atoms with Crippen LogP contribution in [-0.2, 0) is 10.2 Å². The molecule has 152 valence electrons. The number of thiazole rings is 1. The number of amides is 2. The number of rotatable bonds is 6. The van der Waals surface area contributed by atoms with Crippen LogP contribution >= 0.6 is 34.4 Å². The monoisotopic (exact) mass is 447 g/mol. The maximum Gasteiger partial charge on any atom is 0.257 e. The molecule has 1 aromatic carbocycles. The molecule has 7 nitrogen and oxygen atoms in total. The predicted molar refractivity (Wildman–Crippen MR) is 119 cm³/mol. The quantitative estimate of drug-likeness (QED) is 0.424. The smallest absolute Gasteiger partial charge is 0.257 e. The maximum absolute atomic E-state index is 12.4. The lowest BCUT2D eigenvalue weighted by molar-refractivity contribution is -0.113. The van der Waals surface area contributed by atoms with E-state index in [0.29, 0.717) is 20.2 Å². The van der Waals surface area contributed by atoms with Crippen molar-refractivity contribution in [2.45, 2.75) is 37.4 Å². The second kappa shape index (κ2) is 9.02. The molecular formula is C19H21N5O2S3. The third-order valence-corrected chi connectivity index (χ3v) is 6.68. The van der Waals surface area contributed by atoms with Crippen molar-refractivity contribution < 1.29 is 9.59 Å². The average molecular weight is 448 g/mol. The molecule has 2 amide bonds. The summed E-state index contributed by atoms with van der Waals surface area (Å²) < 4.78 is 0.605. The average Bonchev–Trinajstić information content (AvgIpc) is 3.28. The fraction of sp³-hybridized carbons (Fsp3) is 0.316. The molecule has 0 aliphatic carbocycles. The Balaban J connectivity index is 1.51. The van der Waals surface area contributed by atoms with E-state index in [1.54, 1.807) is 12.1 Å². The van der Waals surface area contributed by atoms with Crippen molar-refractivity contribution in [1.82, 2.24) is 15.2 Å². The highest BCUT2D eigenvalue weighted by Gasteiger charge is 2.16. The molecule has 0 atom stereocenters. The first-order valence-electron chi connectivity index (χ1n) is 8.81. The van der Waals surface area contributed by atoms with Crippen LogP contribution in [0.3, 0.4) is 0 Å². The summed E-state index contributed by atoms with van der Waals surface area (Å²) >= 11 is 3.88. The van der Waals surface area contributed by atoms with Crippen LogP contribution < -0.4 is 10.6 Å². The van der Waals surface area contributed by atoms with E-state index in [0.717, 1.165) is 11.3 Å². The number of nitrogens with one attached hydrogen (secondary N) is 2. The first-order chi connectivity index (χ1) is 13.7. The van der Waals surface area contributed by atoms with Crippen LogP contribution in [0.1, 0.15) is 42.4 Å². The molecule has 10 heteroatoms. The number of anilines is 2. The fourth-order valence-corrected chi connectivity index (χ4v) is 4.55. The molecule has 0 aliphatic rings. The van der Waals surface area contributed by atoms with Crippen molar-refractivity contribution in [2.75, 3.05) is 16.4 Å². The normalized spacial score (nSPS) is 11.3. The van der Waals surface area contributed by atoms with Crippen molar-refractivity contribution in [3.05, 3.63) is 46.5 Å². The lowest BCUT2D eigenvalue weighted by Crippen LogP contribution is -2.14. The number of benzene rings is 1. The third kappa shape index (κ3) is 6.09. The van der Waals surface area contributed by atoms with Crippen molar-refractivity contribution >= 4 is 56.5 Å². The number of hydrogen-bond acceptors (Lipinski definition) is 8. The van der Waals surface area contributed by atoms with E-state index >= 15 is 0 Å². The number of carbonyl (C=O) groups is 2. The minimum atomic E-state index is -0.241. The number of hydrogen-bond donors (Lipinski definition) is 2. The van der Waals surface area contributed by atoms with E-state index in [4.69, 9.17) is 0 Å². The predicted octanol–water partition coefficient (Wildman–Crippen LogP) is 4.58. The van der Waals surface area contributed by atoms with Gasteiger partial charge in [-0.2, -0.15) is 0 Å². The summed E-state index contributed by atoms with van der Waals surface area (Å²) in [5, 5.41) is 16.3. The molecular weight excluding hydrogens is 426 g/mol. The molecule has 0 bridgehead atoms. The fourth-order valence-electron chi connectivity index (χ4n) is 2.30. The number of aryl methyl sites for hydroxylation is 1. The van der Waals surface area contributed by atoms with Gasteiger partial charge in [0.15, 0.2) is 9.47 Å². The van der Waals surface area contributed by atoms with Crippen molar-refractivity contribution in [3.8, 4) is 0 Å². The lowest BCUT2D eigenvalue weighted by Gasteiger charge is -2.18. The second-order valence-electron chi connectivity index (χ2n) is 7.29. The first kappa shape index (κ1) is 21.4. The Labute approximate surface area is 181 Å². The van der Waals surface area contributed by atoms with Crippen LogP contribution in [0.25, 0.3) is 0 Å². The Hall–Kier alpha value is -2.30. The Kier molecular flexibility index (Phi) is 6.66. The highest BCUT2D eigenvalue weighted by Crippen LogP contribution is 2.27. The molecule has 0 radical (unpaired) electrons. The molecule has 3 rings (SSSR count). The summed E-state index contributed by atoms with van der Waals surface area (Å²) in [4.78, 5) is 28.6. The van der Waals surface area contributed by atoms with E-state index in [-0.39, 0.29) is 23.0 Å². The van der Waals surface area contributed by atoms with Crippen molar-refractivity contribution in [2.24, 2.45) is 0 Å². The summed E-state index contributed by atoms with van der Waals surface area (Å²) in [7, 11) is 0. The van der Waals surface area contributed by atoms with Crippen LogP contribution in [0.15, 0.2) is 34.0 Å². The summed E-state index contributed by atoms with van der Waals surface area (Å²) in [5.41, 5.74) is 2.62. The van der Waals surface area contributed by atoms with Gasteiger partial charge in [0.05, 0.1) is 11.4 Å². The van der Waals surface area contributed by atoms with Gasteiger partial charge in [0.25, 0.3) is 5.91 Å². The molecule has 0 spiro atoms. The van der Waals surface area contributed by atoms with E-state index in [2.05, 4.69) is 46.6 Å². The summed E-state index contributed by atoms with van der Waals surface area (Å²) in [6.07, 6.45) is 0. The molecule has 29 heavy (non-hydrogen) atoms. The van der Waals surface area contributed by atoms with Gasteiger partial charge in [0.1, 0.15) is 0 Å². The van der Waals surface area contributed by atoms with Crippen LogP contribution in [0, 0.1) is 6.92 Å². The number of aromatic nitrogens is 3. The summed E-state index contributed by atoms with van der Waals surface area (Å²) in [6, 6.07) is 7.52. The molecule has 2 N–H and O–H groups in total. The zero-order chi connectivity index (χ0) is 21.0. The van der Waals surface area contributed by atoms with Gasteiger partial charge in [-0.25, -0.2) is 4.98 Å². The minimum Gasteiger partial charge on any atom is -0.301 e. The van der Waals surface area contributed by atoms with E-state index in [9.17, 15) is 9.59 Å². The van der Waals surface area contributed by atoms with E-state index in [1.165, 1.54) is 34.4 Å². The zero-order valence-electron chi connectivity index (χ0n) is 16.5. The Morgan fingerprint density at radius 3 is 2.41 bits per heavy atom. The van der Waals surface area contributed by atoms with Crippen LogP contribution in [-0.4, -0.2) is 32.7 Å². The van der Waals surface area contributed by atoms with Crippen LogP contribution in [0.5, 0.6) is 0 Å². The van der Waals surface area contributed by atoms with E-state index in [1.807, 2.05) is 24.4 Å². The van der Waals surface area contributed by atoms with Gasteiger partial charge in [-0.1, -0.05) is 56.0 Å². The molecule has 2 heterocycles. The molecule has 0 unspecified atom stereocenters. The Morgan fingerprint density at radius 1 is 1.07 bits per heavy atom. The van der Waals surface area contributed by atoms with Gasteiger partial charge < -0.3 is 5.32 Å². The summed E-state index contributed by atoms with van der Waals surface area (Å²) in [5.74, 6) is -0.214. The van der Waals surface area contributed by atoms with Gasteiger partial charge in [-0.05, 0) is 30.0 Å². The number of nitrogens with zero attached hydrogens (tertiary/aromatic N) is 3. The molecule has 3 aromatic rings. The Bertz CT molecular complexity index is 1010. The highest BCUT2D eigenvalue weighted by atomic mass is 32.2. The molecule has 0 saturated heterocycles. The van der Waals surface area contributed by atoms with Gasteiger partial charge >= 0.3 is 0 Å².